The predicted octanol–water partition coefficient (Wildman–Crippen LogP) is 4.02. The zero-order chi connectivity index (χ0) is 14.5. The minimum absolute atomic E-state index is 0.314. The van der Waals surface area contributed by atoms with E-state index in [-0.39, 0.29) is 0 Å². The summed E-state index contributed by atoms with van der Waals surface area (Å²) in [5.74, 6) is 0.588. The van der Waals surface area contributed by atoms with Gasteiger partial charge in [0.25, 0.3) is 0 Å². The Balaban J connectivity index is 2.16. The topological polar surface area (TPSA) is 24.9 Å². The highest BCUT2D eigenvalue weighted by Crippen LogP contribution is 2.21. The van der Waals surface area contributed by atoms with E-state index in [9.17, 15) is 0 Å². The molecule has 1 heterocycles. The zero-order valence-electron chi connectivity index (χ0n) is 12.9. The predicted molar refractivity (Wildman–Crippen MR) is 85.0 cm³/mol. The summed E-state index contributed by atoms with van der Waals surface area (Å²) in [6.45, 7) is 6.52. The highest BCUT2D eigenvalue weighted by atomic mass is 14.9. The molecule has 2 rings (SSSR count). The first-order valence-electron chi connectivity index (χ1n) is 7.29. The molecule has 106 valence electrons. The van der Waals surface area contributed by atoms with Gasteiger partial charge in [0.15, 0.2) is 0 Å². The summed E-state index contributed by atoms with van der Waals surface area (Å²) in [4.78, 5) is 4.39. The number of hydrogen-bond donors (Lipinski definition) is 1. The van der Waals surface area contributed by atoms with E-state index in [0.29, 0.717) is 12.0 Å². The van der Waals surface area contributed by atoms with Crippen molar-refractivity contribution in [2.24, 2.45) is 0 Å². The first-order valence-corrected chi connectivity index (χ1v) is 7.29. The molecule has 1 N–H and O–H groups in total. The normalized spacial score (nSPS) is 12.7. The third-order valence-corrected chi connectivity index (χ3v) is 3.86. The van der Waals surface area contributed by atoms with Crippen molar-refractivity contribution >= 4 is 0 Å². The first kappa shape index (κ1) is 14.7. The third-order valence-electron chi connectivity index (χ3n) is 3.86. The van der Waals surface area contributed by atoms with Gasteiger partial charge in [0.2, 0.25) is 0 Å². The van der Waals surface area contributed by atoms with Gasteiger partial charge in [-0.15, -0.1) is 0 Å². The molecule has 1 aromatic heterocycles. The van der Waals surface area contributed by atoms with Crippen molar-refractivity contribution < 1.29 is 0 Å². The molecule has 1 unspecified atom stereocenters. The maximum Gasteiger partial charge on any atom is 0.0420 e. The Bertz CT molecular complexity index is 544. The molecule has 1 atom stereocenters. The molecule has 2 aromatic rings. The molecule has 1 aromatic carbocycles. The van der Waals surface area contributed by atoms with Gasteiger partial charge in [-0.2, -0.15) is 0 Å². The number of hydrogen-bond acceptors (Lipinski definition) is 2. The average Bonchev–Trinajstić information content (AvgIpc) is 2.46. The molecule has 0 bridgehead atoms. The van der Waals surface area contributed by atoms with E-state index < -0.39 is 0 Å². The van der Waals surface area contributed by atoms with Crippen molar-refractivity contribution in [3.05, 3.63) is 65.0 Å². The van der Waals surface area contributed by atoms with Crippen LogP contribution in [-0.2, 0) is 6.42 Å². The molecule has 0 saturated carbocycles. The maximum atomic E-state index is 4.39. The van der Waals surface area contributed by atoms with Crippen molar-refractivity contribution in [2.45, 2.75) is 39.2 Å². The van der Waals surface area contributed by atoms with E-state index in [1.54, 1.807) is 0 Å². The second-order valence-corrected chi connectivity index (χ2v) is 5.62. The number of likely N-dealkylation sites (N-methyl/N-ethyl adjacent to an activating group) is 1. The lowest BCUT2D eigenvalue weighted by atomic mass is 9.95. The second kappa shape index (κ2) is 6.67. The Morgan fingerprint density at radius 3 is 2.35 bits per heavy atom. The smallest absolute Gasteiger partial charge is 0.0420 e. The van der Waals surface area contributed by atoms with Crippen LogP contribution in [-0.4, -0.2) is 12.0 Å². The summed E-state index contributed by atoms with van der Waals surface area (Å²) in [5.41, 5.74) is 5.14. The van der Waals surface area contributed by atoms with Gasteiger partial charge in [-0.05, 0) is 49.1 Å². The maximum absolute atomic E-state index is 4.39. The standard InChI is InChI=1S/C18H24N2/c1-13(2)16-9-7-15(8-10-16)12-18(19-4)17-6-5-11-20-14(17)3/h5-11,13,18-19H,12H2,1-4H3. The van der Waals surface area contributed by atoms with Crippen LogP contribution in [0.25, 0.3) is 0 Å². The fourth-order valence-electron chi connectivity index (χ4n) is 2.51. The van der Waals surface area contributed by atoms with Crippen molar-refractivity contribution in [3.63, 3.8) is 0 Å². The molecule has 2 nitrogen and oxygen atoms in total. The number of nitrogens with zero attached hydrogens (tertiary/aromatic N) is 1. The Morgan fingerprint density at radius 1 is 1.10 bits per heavy atom. The van der Waals surface area contributed by atoms with Gasteiger partial charge in [0.05, 0.1) is 0 Å². The van der Waals surface area contributed by atoms with Gasteiger partial charge < -0.3 is 5.32 Å². The molecule has 0 aliphatic rings. The van der Waals surface area contributed by atoms with E-state index >= 15 is 0 Å². The molecule has 0 amide bonds. The average molecular weight is 268 g/mol. The molecular weight excluding hydrogens is 244 g/mol. The largest absolute Gasteiger partial charge is 0.313 e. The van der Waals surface area contributed by atoms with Gasteiger partial charge in [0, 0.05) is 17.9 Å². The summed E-state index contributed by atoms with van der Waals surface area (Å²) in [7, 11) is 2.01. The Labute approximate surface area is 122 Å². The van der Waals surface area contributed by atoms with Crippen LogP contribution < -0.4 is 5.32 Å². The first-order chi connectivity index (χ1) is 9.61. The Hall–Kier alpha value is -1.67. The SMILES string of the molecule is CNC(Cc1ccc(C(C)C)cc1)c1cccnc1C. The third kappa shape index (κ3) is 3.45. The molecule has 0 radical (unpaired) electrons. The Kier molecular flexibility index (Phi) is 4.91. The molecular formula is C18H24N2. The summed E-state index contributed by atoms with van der Waals surface area (Å²) >= 11 is 0. The van der Waals surface area contributed by atoms with Crippen LogP contribution in [0.4, 0.5) is 0 Å². The van der Waals surface area contributed by atoms with E-state index in [1.807, 2.05) is 19.3 Å². The quantitative estimate of drug-likeness (QED) is 0.886. The minimum atomic E-state index is 0.314. The fourth-order valence-corrected chi connectivity index (χ4v) is 2.51. The summed E-state index contributed by atoms with van der Waals surface area (Å²) in [5, 5.41) is 3.41. The fraction of sp³-hybridized carbons (Fsp3) is 0.389. The number of nitrogens with one attached hydrogen (secondary N) is 1. The Morgan fingerprint density at radius 2 is 1.80 bits per heavy atom. The summed E-state index contributed by atoms with van der Waals surface area (Å²) in [6.07, 6.45) is 2.84. The van der Waals surface area contributed by atoms with Crippen LogP contribution in [0.5, 0.6) is 0 Å². The molecule has 0 fully saturated rings. The molecule has 0 saturated heterocycles. The van der Waals surface area contributed by atoms with Crippen LogP contribution in [0.1, 0.15) is 48.2 Å². The van der Waals surface area contributed by atoms with E-state index in [2.05, 4.69) is 61.4 Å². The highest BCUT2D eigenvalue weighted by molar-refractivity contribution is 5.29. The molecule has 0 aliphatic carbocycles. The zero-order valence-corrected chi connectivity index (χ0v) is 12.9. The van der Waals surface area contributed by atoms with Crippen molar-refractivity contribution in [1.82, 2.24) is 10.3 Å². The van der Waals surface area contributed by atoms with Gasteiger partial charge in [-0.3, -0.25) is 4.98 Å². The highest BCUT2D eigenvalue weighted by Gasteiger charge is 2.13. The summed E-state index contributed by atoms with van der Waals surface area (Å²) in [6, 6.07) is 13.4. The number of rotatable bonds is 5. The van der Waals surface area contributed by atoms with Crippen molar-refractivity contribution in [2.75, 3.05) is 7.05 Å². The molecule has 0 spiro atoms. The lowest BCUT2D eigenvalue weighted by Crippen LogP contribution is -2.20. The van der Waals surface area contributed by atoms with Gasteiger partial charge in [-0.1, -0.05) is 44.2 Å². The second-order valence-electron chi connectivity index (χ2n) is 5.62. The molecule has 2 heteroatoms. The van der Waals surface area contributed by atoms with Crippen LogP contribution in [0.2, 0.25) is 0 Å². The van der Waals surface area contributed by atoms with Crippen LogP contribution in [0.15, 0.2) is 42.6 Å². The molecule has 0 aliphatic heterocycles. The van der Waals surface area contributed by atoms with E-state index in [0.717, 1.165) is 12.1 Å². The number of aryl methyl sites for hydroxylation is 1. The van der Waals surface area contributed by atoms with Crippen LogP contribution in [0.3, 0.4) is 0 Å². The number of aromatic nitrogens is 1. The summed E-state index contributed by atoms with van der Waals surface area (Å²) < 4.78 is 0. The lowest BCUT2D eigenvalue weighted by Gasteiger charge is -2.18. The van der Waals surface area contributed by atoms with E-state index in [1.165, 1.54) is 16.7 Å². The van der Waals surface area contributed by atoms with Gasteiger partial charge in [0.1, 0.15) is 0 Å². The minimum Gasteiger partial charge on any atom is -0.313 e. The molecule has 20 heavy (non-hydrogen) atoms. The number of benzene rings is 1. The van der Waals surface area contributed by atoms with Crippen molar-refractivity contribution in [1.29, 1.82) is 0 Å². The van der Waals surface area contributed by atoms with Gasteiger partial charge in [-0.25, -0.2) is 0 Å². The van der Waals surface area contributed by atoms with Crippen LogP contribution in [0, 0.1) is 6.92 Å². The van der Waals surface area contributed by atoms with Crippen molar-refractivity contribution in [3.8, 4) is 0 Å². The van der Waals surface area contributed by atoms with Gasteiger partial charge >= 0.3 is 0 Å². The number of pyridine rings is 1. The monoisotopic (exact) mass is 268 g/mol. The lowest BCUT2D eigenvalue weighted by molar-refractivity contribution is 0.586. The van der Waals surface area contributed by atoms with Crippen LogP contribution >= 0.6 is 0 Å². The van der Waals surface area contributed by atoms with E-state index in [4.69, 9.17) is 0 Å².